The van der Waals surface area contributed by atoms with E-state index in [1.807, 2.05) is 38.1 Å². The van der Waals surface area contributed by atoms with E-state index < -0.39 is 0 Å². The number of nitrogens with zero attached hydrogens (tertiary/aromatic N) is 4. The predicted molar refractivity (Wildman–Crippen MR) is 94.4 cm³/mol. The maximum absolute atomic E-state index is 12.7. The van der Waals surface area contributed by atoms with E-state index in [4.69, 9.17) is 4.74 Å². The first-order chi connectivity index (χ1) is 12.1. The number of carbonyl (C=O) groups excluding carboxylic acids is 1. The van der Waals surface area contributed by atoms with Gasteiger partial charge in [0, 0.05) is 19.5 Å². The zero-order valence-corrected chi connectivity index (χ0v) is 15.0. The molecule has 0 aliphatic carbocycles. The molecule has 25 heavy (non-hydrogen) atoms. The van der Waals surface area contributed by atoms with Gasteiger partial charge < -0.3 is 19.5 Å². The van der Waals surface area contributed by atoms with E-state index in [1.54, 1.807) is 12.0 Å². The van der Waals surface area contributed by atoms with Gasteiger partial charge in [0.2, 0.25) is 0 Å². The summed E-state index contributed by atoms with van der Waals surface area (Å²) in [6, 6.07) is 7.66. The van der Waals surface area contributed by atoms with E-state index in [9.17, 15) is 4.79 Å². The highest BCUT2D eigenvalue weighted by atomic mass is 16.5. The first-order valence-corrected chi connectivity index (χ1v) is 8.73. The summed E-state index contributed by atoms with van der Waals surface area (Å²) < 4.78 is 7.38. The van der Waals surface area contributed by atoms with Crippen LogP contribution in [0.5, 0.6) is 5.75 Å². The van der Waals surface area contributed by atoms with Crippen LogP contribution in [0.2, 0.25) is 0 Å². The standard InChI is InChI=1S/C18H25N5O2/c1-4-22(13(2)14-7-5-8-15(11-14)25-3)18(24)19-12-17-21-20-16-9-6-10-23(16)17/h5,7-8,11,13H,4,6,9-10,12H2,1-3H3,(H,19,24)/t13-/m0/s1. The number of methoxy groups -OCH3 is 1. The van der Waals surface area contributed by atoms with Crippen LogP contribution in [0.15, 0.2) is 24.3 Å². The summed E-state index contributed by atoms with van der Waals surface area (Å²) in [4.78, 5) is 14.5. The Hall–Kier alpha value is -2.57. The normalized spacial score (nSPS) is 14.0. The third-order valence-electron chi connectivity index (χ3n) is 4.73. The van der Waals surface area contributed by atoms with Crippen molar-refractivity contribution in [2.24, 2.45) is 0 Å². The number of amides is 2. The maximum Gasteiger partial charge on any atom is 0.318 e. The second-order valence-electron chi connectivity index (χ2n) is 6.18. The molecule has 2 aromatic rings. The number of aryl methyl sites for hydroxylation is 1. The van der Waals surface area contributed by atoms with Crippen molar-refractivity contribution >= 4 is 6.03 Å². The predicted octanol–water partition coefficient (Wildman–Crippen LogP) is 2.53. The molecule has 0 fully saturated rings. The number of benzene rings is 1. The van der Waals surface area contributed by atoms with Gasteiger partial charge >= 0.3 is 6.03 Å². The van der Waals surface area contributed by atoms with Crippen LogP contribution in [0.1, 0.15) is 43.5 Å². The highest BCUT2D eigenvalue weighted by molar-refractivity contribution is 5.74. The minimum absolute atomic E-state index is 0.0517. The quantitative estimate of drug-likeness (QED) is 0.875. The molecule has 2 heterocycles. The monoisotopic (exact) mass is 343 g/mol. The summed E-state index contributed by atoms with van der Waals surface area (Å²) >= 11 is 0. The van der Waals surface area contributed by atoms with Gasteiger partial charge in [-0.15, -0.1) is 10.2 Å². The van der Waals surface area contributed by atoms with Crippen molar-refractivity contribution in [2.75, 3.05) is 13.7 Å². The van der Waals surface area contributed by atoms with Crippen LogP contribution in [-0.4, -0.2) is 39.4 Å². The van der Waals surface area contributed by atoms with Gasteiger partial charge in [-0.25, -0.2) is 4.79 Å². The lowest BCUT2D eigenvalue weighted by atomic mass is 10.1. The van der Waals surface area contributed by atoms with Crippen LogP contribution in [0, 0.1) is 0 Å². The number of ether oxygens (including phenoxy) is 1. The number of rotatable bonds is 6. The average molecular weight is 343 g/mol. The molecular weight excluding hydrogens is 318 g/mol. The molecule has 1 aromatic heterocycles. The van der Waals surface area contributed by atoms with Crippen molar-refractivity contribution in [3.8, 4) is 5.75 Å². The fourth-order valence-electron chi connectivity index (χ4n) is 3.27. The maximum atomic E-state index is 12.7. The lowest BCUT2D eigenvalue weighted by Gasteiger charge is -2.28. The van der Waals surface area contributed by atoms with Crippen molar-refractivity contribution in [1.29, 1.82) is 0 Å². The SMILES string of the molecule is CCN(C(=O)NCc1nnc2n1CCC2)[C@@H](C)c1cccc(OC)c1. The molecule has 0 saturated carbocycles. The Kier molecular flexibility index (Phi) is 5.21. The summed E-state index contributed by atoms with van der Waals surface area (Å²) in [7, 11) is 1.64. The van der Waals surface area contributed by atoms with Gasteiger partial charge in [0.1, 0.15) is 11.6 Å². The molecule has 134 valence electrons. The first-order valence-electron chi connectivity index (χ1n) is 8.73. The molecule has 1 N–H and O–H groups in total. The molecule has 0 bridgehead atoms. The van der Waals surface area contributed by atoms with E-state index in [-0.39, 0.29) is 12.1 Å². The van der Waals surface area contributed by atoms with E-state index in [0.717, 1.165) is 42.3 Å². The zero-order valence-electron chi connectivity index (χ0n) is 15.0. The fraction of sp³-hybridized carbons (Fsp3) is 0.500. The van der Waals surface area contributed by atoms with E-state index in [1.165, 1.54) is 0 Å². The summed E-state index contributed by atoms with van der Waals surface area (Å²) in [6.45, 7) is 5.94. The summed E-state index contributed by atoms with van der Waals surface area (Å²) in [5, 5.41) is 11.3. The molecule has 1 atom stereocenters. The highest BCUT2D eigenvalue weighted by Crippen LogP contribution is 2.24. The minimum atomic E-state index is -0.104. The largest absolute Gasteiger partial charge is 0.497 e. The van der Waals surface area contributed by atoms with Gasteiger partial charge in [0.05, 0.1) is 19.7 Å². The smallest absolute Gasteiger partial charge is 0.318 e. The fourth-order valence-corrected chi connectivity index (χ4v) is 3.27. The first kappa shape index (κ1) is 17.3. The van der Waals surface area contributed by atoms with Crippen LogP contribution < -0.4 is 10.1 Å². The van der Waals surface area contributed by atoms with Crippen molar-refractivity contribution < 1.29 is 9.53 Å². The van der Waals surface area contributed by atoms with Crippen LogP contribution in [0.4, 0.5) is 4.79 Å². The van der Waals surface area contributed by atoms with Crippen molar-refractivity contribution in [3.63, 3.8) is 0 Å². The Balaban J connectivity index is 1.65. The lowest BCUT2D eigenvalue weighted by molar-refractivity contribution is 0.182. The third-order valence-corrected chi connectivity index (χ3v) is 4.73. The molecule has 1 aromatic carbocycles. The molecule has 2 amide bonds. The summed E-state index contributed by atoms with van der Waals surface area (Å²) in [5.74, 6) is 2.63. The number of nitrogens with one attached hydrogen (secondary N) is 1. The van der Waals surface area contributed by atoms with Gasteiger partial charge in [-0.05, 0) is 38.0 Å². The Morgan fingerprint density at radius 1 is 1.44 bits per heavy atom. The van der Waals surface area contributed by atoms with E-state index in [0.29, 0.717) is 13.1 Å². The molecule has 1 aliphatic heterocycles. The second-order valence-corrected chi connectivity index (χ2v) is 6.18. The molecular formula is C18H25N5O2. The van der Waals surface area contributed by atoms with E-state index in [2.05, 4.69) is 20.1 Å². The Bertz CT molecular complexity index is 743. The van der Waals surface area contributed by atoms with Gasteiger partial charge in [0.15, 0.2) is 5.82 Å². The minimum Gasteiger partial charge on any atom is -0.497 e. The molecule has 0 saturated heterocycles. The topological polar surface area (TPSA) is 72.3 Å². The molecule has 7 heteroatoms. The van der Waals surface area contributed by atoms with Gasteiger partial charge in [-0.3, -0.25) is 0 Å². The van der Waals surface area contributed by atoms with Gasteiger partial charge in [-0.2, -0.15) is 0 Å². The second kappa shape index (κ2) is 7.55. The zero-order chi connectivity index (χ0) is 17.8. The Morgan fingerprint density at radius 3 is 3.04 bits per heavy atom. The highest BCUT2D eigenvalue weighted by Gasteiger charge is 2.22. The van der Waals surface area contributed by atoms with Crippen LogP contribution in [0.3, 0.4) is 0 Å². The average Bonchev–Trinajstić information content (AvgIpc) is 3.24. The molecule has 1 aliphatic rings. The summed E-state index contributed by atoms with van der Waals surface area (Å²) in [5.41, 5.74) is 1.04. The van der Waals surface area contributed by atoms with Crippen molar-refractivity contribution in [3.05, 3.63) is 41.5 Å². The van der Waals surface area contributed by atoms with Crippen LogP contribution >= 0.6 is 0 Å². The third kappa shape index (κ3) is 3.60. The summed E-state index contributed by atoms with van der Waals surface area (Å²) in [6.07, 6.45) is 2.06. The van der Waals surface area contributed by atoms with Crippen molar-refractivity contribution in [1.82, 2.24) is 25.0 Å². The van der Waals surface area contributed by atoms with Crippen molar-refractivity contribution in [2.45, 2.75) is 45.8 Å². The number of aromatic nitrogens is 3. The molecule has 0 radical (unpaired) electrons. The Morgan fingerprint density at radius 2 is 2.28 bits per heavy atom. The van der Waals surface area contributed by atoms with Gasteiger partial charge in [-0.1, -0.05) is 12.1 Å². The van der Waals surface area contributed by atoms with Crippen LogP contribution in [-0.2, 0) is 19.5 Å². The molecule has 3 rings (SSSR count). The van der Waals surface area contributed by atoms with E-state index >= 15 is 0 Å². The number of carbonyl (C=O) groups is 1. The van der Waals surface area contributed by atoms with Crippen LogP contribution in [0.25, 0.3) is 0 Å². The molecule has 0 spiro atoms. The molecule has 0 unspecified atom stereocenters. The number of hydrogen-bond acceptors (Lipinski definition) is 4. The lowest BCUT2D eigenvalue weighted by Crippen LogP contribution is -2.41. The Labute approximate surface area is 148 Å². The number of hydrogen-bond donors (Lipinski definition) is 1. The van der Waals surface area contributed by atoms with Gasteiger partial charge in [0.25, 0.3) is 0 Å². The number of fused-ring (bicyclic) bond motifs is 1. The molecule has 7 nitrogen and oxygen atoms in total. The number of urea groups is 1.